The summed E-state index contributed by atoms with van der Waals surface area (Å²) in [4.78, 5) is 1.28. The average molecular weight is 246 g/mol. The number of halogens is 1. The Hall–Kier alpha value is 0.01000. The van der Waals surface area contributed by atoms with Crippen molar-refractivity contribution in [3.8, 4) is 0 Å². The fraction of sp³-hybridized carbons (Fsp3) is 0.333. The lowest BCUT2D eigenvalue weighted by Crippen LogP contribution is -1.96. The Morgan fingerprint density at radius 3 is 2.75 bits per heavy atom. The molecule has 2 N–H and O–H groups in total. The number of thioether (sulfide) groups is 1. The molecule has 1 aromatic rings. The summed E-state index contributed by atoms with van der Waals surface area (Å²) in [7, 11) is 0. The van der Waals surface area contributed by atoms with Crippen molar-refractivity contribution in [2.75, 3.05) is 5.75 Å². The van der Waals surface area contributed by atoms with E-state index < -0.39 is 0 Å². The second kappa shape index (κ2) is 4.90. The van der Waals surface area contributed by atoms with Crippen LogP contribution >= 0.6 is 27.7 Å². The minimum absolute atomic E-state index is 0.608. The third kappa shape index (κ3) is 2.81. The lowest BCUT2D eigenvalue weighted by Gasteiger charge is -2.03. The standard InChI is InChI=1S/C9H12BrNS/c1-2-12-9-4-7(6-11)3-8(10)5-9/h3-5H,2,6,11H2,1H3. The van der Waals surface area contributed by atoms with Crippen LogP contribution in [0.4, 0.5) is 0 Å². The van der Waals surface area contributed by atoms with E-state index in [1.807, 2.05) is 11.8 Å². The second-order valence-electron chi connectivity index (χ2n) is 2.43. The number of benzene rings is 1. The molecule has 0 fully saturated rings. The Kier molecular flexibility index (Phi) is 4.12. The van der Waals surface area contributed by atoms with Crippen LogP contribution in [0.25, 0.3) is 0 Å². The van der Waals surface area contributed by atoms with Gasteiger partial charge in [-0.3, -0.25) is 0 Å². The molecule has 0 aliphatic heterocycles. The van der Waals surface area contributed by atoms with Crippen molar-refractivity contribution >= 4 is 27.7 Å². The topological polar surface area (TPSA) is 26.0 Å². The van der Waals surface area contributed by atoms with Gasteiger partial charge in [0, 0.05) is 15.9 Å². The molecule has 0 heterocycles. The maximum atomic E-state index is 5.55. The minimum Gasteiger partial charge on any atom is -0.326 e. The average Bonchev–Trinajstić information content (AvgIpc) is 2.04. The fourth-order valence-electron chi connectivity index (χ4n) is 0.989. The highest BCUT2D eigenvalue weighted by Crippen LogP contribution is 2.23. The van der Waals surface area contributed by atoms with Crippen LogP contribution in [0.2, 0.25) is 0 Å². The zero-order chi connectivity index (χ0) is 8.97. The quantitative estimate of drug-likeness (QED) is 0.829. The van der Waals surface area contributed by atoms with E-state index in [-0.39, 0.29) is 0 Å². The van der Waals surface area contributed by atoms with Gasteiger partial charge in [0.1, 0.15) is 0 Å². The molecule has 12 heavy (non-hydrogen) atoms. The molecule has 0 unspecified atom stereocenters. The molecule has 3 heteroatoms. The van der Waals surface area contributed by atoms with Gasteiger partial charge >= 0.3 is 0 Å². The van der Waals surface area contributed by atoms with Crippen LogP contribution < -0.4 is 5.73 Å². The monoisotopic (exact) mass is 245 g/mol. The predicted molar refractivity (Wildman–Crippen MR) is 58.4 cm³/mol. The largest absolute Gasteiger partial charge is 0.326 e. The van der Waals surface area contributed by atoms with E-state index in [0.29, 0.717) is 6.54 Å². The van der Waals surface area contributed by atoms with E-state index in [1.54, 1.807) is 0 Å². The molecule has 0 bridgehead atoms. The van der Waals surface area contributed by atoms with Crippen molar-refractivity contribution in [1.29, 1.82) is 0 Å². The normalized spacial score (nSPS) is 10.2. The molecule has 0 aliphatic carbocycles. The van der Waals surface area contributed by atoms with Gasteiger partial charge in [0.2, 0.25) is 0 Å². The van der Waals surface area contributed by atoms with Gasteiger partial charge in [-0.05, 0) is 29.5 Å². The van der Waals surface area contributed by atoms with Crippen LogP contribution in [0.3, 0.4) is 0 Å². The van der Waals surface area contributed by atoms with Gasteiger partial charge in [0.05, 0.1) is 0 Å². The Labute approximate surface area is 85.9 Å². The Bertz CT molecular complexity index is 263. The summed E-state index contributed by atoms with van der Waals surface area (Å²) in [6.07, 6.45) is 0. The first kappa shape index (κ1) is 10.1. The number of hydrogen-bond donors (Lipinski definition) is 1. The summed E-state index contributed by atoms with van der Waals surface area (Å²) in [6, 6.07) is 6.31. The maximum Gasteiger partial charge on any atom is 0.0189 e. The van der Waals surface area contributed by atoms with Gasteiger partial charge < -0.3 is 5.73 Å². The van der Waals surface area contributed by atoms with Crippen LogP contribution in [0.1, 0.15) is 12.5 Å². The predicted octanol–water partition coefficient (Wildman–Crippen LogP) is 3.02. The molecule has 1 nitrogen and oxygen atoms in total. The van der Waals surface area contributed by atoms with Crippen molar-refractivity contribution in [3.05, 3.63) is 28.2 Å². The maximum absolute atomic E-state index is 5.55. The van der Waals surface area contributed by atoms with Gasteiger partial charge in [-0.2, -0.15) is 0 Å². The summed E-state index contributed by atoms with van der Waals surface area (Å²) in [5, 5.41) is 0. The third-order valence-corrected chi connectivity index (χ3v) is 2.79. The molecule has 0 spiro atoms. The smallest absolute Gasteiger partial charge is 0.0189 e. The molecule has 0 aliphatic rings. The van der Waals surface area contributed by atoms with E-state index in [0.717, 1.165) is 10.2 Å². The summed E-state index contributed by atoms with van der Waals surface area (Å²) in [5.41, 5.74) is 6.73. The summed E-state index contributed by atoms with van der Waals surface area (Å²) in [6.45, 7) is 2.75. The van der Waals surface area contributed by atoms with Gasteiger partial charge in [-0.25, -0.2) is 0 Å². The van der Waals surface area contributed by atoms with Crippen molar-refractivity contribution in [2.45, 2.75) is 18.4 Å². The van der Waals surface area contributed by atoms with Crippen LogP contribution in [0, 0.1) is 0 Å². The van der Waals surface area contributed by atoms with Gasteiger partial charge in [0.15, 0.2) is 0 Å². The molecule has 0 aromatic heterocycles. The van der Waals surface area contributed by atoms with Crippen molar-refractivity contribution < 1.29 is 0 Å². The lowest BCUT2D eigenvalue weighted by molar-refractivity contribution is 1.06. The third-order valence-electron chi connectivity index (χ3n) is 1.48. The number of rotatable bonds is 3. The van der Waals surface area contributed by atoms with Gasteiger partial charge in [0.25, 0.3) is 0 Å². The molecule has 0 amide bonds. The first-order chi connectivity index (χ1) is 5.76. The van der Waals surface area contributed by atoms with E-state index in [9.17, 15) is 0 Å². The van der Waals surface area contributed by atoms with E-state index in [4.69, 9.17) is 5.73 Å². The van der Waals surface area contributed by atoms with Crippen molar-refractivity contribution in [3.63, 3.8) is 0 Å². The molecule has 66 valence electrons. The van der Waals surface area contributed by atoms with Crippen molar-refractivity contribution in [1.82, 2.24) is 0 Å². The zero-order valence-electron chi connectivity index (χ0n) is 7.01. The zero-order valence-corrected chi connectivity index (χ0v) is 9.41. The molecule has 0 atom stereocenters. The Balaban J connectivity index is 2.90. The van der Waals surface area contributed by atoms with Crippen LogP contribution in [-0.4, -0.2) is 5.75 Å². The highest BCUT2D eigenvalue weighted by Gasteiger charge is 1.97. The van der Waals surface area contributed by atoms with E-state index >= 15 is 0 Å². The fourth-order valence-corrected chi connectivity index (χ4v) is 2.46. The van der Waals surface area contributed by atoms with Crippen molar-refractivity contribution in [2.24, 2.45) is 5.73 Å². The SMILES string of the molecule is CCSc1cc(Br)cc(CN)c1. The van der Waals surface area contributed by atoms with E-state index in [1.165, 1.54) is 10.5 Å². The minimum atomic E-state index is 0.608. The molecule has 1 rings (SSSR count). The van der Waals surface area contributed by atoms with Gasteiger partial charge in [-0.15, -0.1) is 11.8 Å². The summed E-state index contributed by atoms with van der Waals surface area (Å²) < 4.78 is 1.11. The first-order valence-electron chi connectivity index (χ1n) is 3.88. The Morgan fingerprint density at radius 2 is 2.17 bits per heavy atom. The van der Waals surface area contributed by atoms with Gasteiger partial charge in [-0.1, -0.05) is 22.9 Å². The molecule has 1 aromatic carbocycles. The molecular formula is C9H12BrNS. The second-order valence-corrected chi connectivity index (χ2v) is 4.69. The summed E-state index contributed by atoms with van der Waals surface area (Å²) in [5.74, 6) is 1.10. The number of nitrogens with two attached hydrogens (primary N) is 1. The molecule has 0 radical (unpaired) electrons. The molecule has 0 saturated heterocycles. The first-order valence-corrected chi connectivity index (χ1v) is 5.66. The molecule has 0 saturated carbocycles. The summed E-state index contributed by atoms with van der Waals surface area (Å²) >= 11 is 5.29. The lowest BCUT2D eigenvalue weighted by atomic mass is 10.2. The highest BCUT2D eigenvalue weighted by molar-refractivity contribution is 9.10. The van der Waals surface area contributed by atoms with E-state index in [2.05, 4.69) is 41.1 Å². The van der Waals surface area contributed by atoms with Crippen LogP contribution in [0.5, 0.6) is 0 Å². The number of hydrogen-bond acceptors (Lipinski definition) is 2. The van der Waals surface area contributed by atoms with Crippen LogP contribution in [0.15, 0.2) is 27.6 Å². The highest BCUT2D eigenvalue weighted by atomic mass is 79.9. The molecular weight excluding hydrogens is 234 g/mol. The van der Waals surface area contributed by atoms with Crippen LogP contribution in [-0.2, 0) is 6.54 Å². The Morgan fingerprint density at radius 1 is 1.42 bits per heavy atom.